The van der Waals surface area contributed by atoms with E-state index in [0.29, 0.717) is 5.75 Å². The average molecular weight is 277 g/mol. The third kappa shape index (κ3) is 2.90. The summed E-state index contributed by atoms with van der Waals surface area (Å²) in [6.07, 6.45) is 0. The number of phenols is 1. The third-order valence-corrected chi connectivity index (χ3v) is 4.26. The number of nitrogens with zero attached hydrogens (tertiary/aromatic N) is 2. The average Bonchev–Trinajstić information content (AvgIpc) is 2.45. The Bertz CT molecular complexity index is 454. The molecular formula is C15H23N3O2. The Morgan fingerprint density at radius 3 is 2.75 bits per heavy atom. The fourth-order valence-electron chi connectivity index (χ4n) is 3.03. The second-order valence-corrected chi connectivity index (χ2v) is 5.64. The number of benzene rings is 1. The van der Waals surface area contributed by atoms with Crippen molar-refractivity contribution >= 4 is 0 Å². The number of phenolic OH excluding ortho intramolecular Hbond substituents is 1. The molecule has 2 heterocycles. The van der Waals surface area contributed by atoms with Crippen molar-refractivity contribution in [2.24, 2.45) is 0 Å². The number of methoxy groups -OCH3 is 1. The van der Waals surface area contributed by atoms with Gasteiger partial charge in [0.15, 0.2) is 11.5 Å². The van der Waals surface area contributed by atoms with E-state index in [-0.39, 0.29) is 5.75 Å². The lowest BCUT2D eigenvalue weighted by Crippen LogP contribution is -2.62. The summed E-state index contributed by atoms with van der Waals surface area (Å²) >= 11 is 0. The molecule has 110 valence electrons. The largest absolute Gasteiger partial charge is 0.504 e. The highest BCUT2D eigenvalue weighted by Crippen LogP contribution is 2.28. The van der Waals surface area contributed by atoms with Gasteiger partial charge in [0.2, 0.25) is 0 Å². The lowest BCUT2D eigenvalue weighted by molar-refractivity contribution is 0.0223. The Morgan fingerprint density at radius 1 is 1.30 bits per heavy atom. The van der Waals surface area contributed by atoms with Gasteiger partial charge in [-0.25, -0.2) is 0 Å². The van der Waals surface area contributed by atoms with Crippen molar-refractivity contribution < 1.29 is 9.84 Å². The fraction of sp³-hybridized carbons (Fsp3) is 0.600. The van der Waals surface area contributed by atoms with Crippen LogP contribution in [0, 0.1) is 0 Å². The van der Waals surface area contributed by atoms with Gasteiger partial charge in [0.1, 0.15) is 0 Å². The van der Waals surface area contributed by atoms with Crippen LogP contribution in [0.5, 0.6) is 11.5 Å². The normalized spacial score (nSPS) is 21.6. The van der Waals surface area contributed by atoms with E-state index in [1.54, 1.807) is 13.2 Å². The number of likely N-dealkylation sites (tertiary alicyclic amines) is 1. The maximum absolute atomic E-state index is 9.60. The molecule has 0 spiro atoms. The van der Waals surface area contributed by atoms with Crippen LogP contribution in [0.25, 0.3) is 0 Å². The second kappa shape index (κ2) is 5.99. The lowest BCUT2D eigenvalue weighted by Gasteiger charge is -2.46. The smallest absolute Gasteiger partial charge is 0.160 e. The van der Waals surface area contributed by atoms with Gasteiger partial charge in [-0.1, -0.05) is 6.07 Å². The molecular weight excluding hydrogens is 254 g/mol. The summed E-state index contributed by atoms with van der Waals surface area (Å²) in [5.41, 5.74) is 1.19. The highest BCUT2D eigenvalue weighted by atomic mass is 16.5. The van der Waals surface area contributed by atoms with Crippen LogP contribution in [0.1, 0.15) is 5.56 Å². The molecule has 2 N–H and O–H groups in total. The van der Waals surface area contributed by atoms with Crippen LogP contribution < -0.4 is 10.1 Å². The Labute approximate surface area is 120 Å². The van der Waals surface area contributed by atoms with Gasteiger partial charge in [0.05, 0.1) is 7.11 Å². The molecule has 0 radical (unpaired) electrons. The molecule has 2 saturated heterocycles. The number of aromatic hydroxyl groups is 1. The van der Waals surface area contributed by atoms with Crippen LogP contribution in [0.4, 0.5) is 0 Å². The molecule has 2 aliphatic rings. The van der Waals surface area contributed by atoms with Crippen molar-refractivity contribution in [2.45, 2.75) is 12.6 Å². The minimum absolute atomic E-state index is 0.207. The highest BCUT2D eigenvalue weighted by molar-refractivity contribution is 5.41. The van der Waals surface area contributed by atoms with Gasteiger partial charge in [0.25, 0.3) is 0 Å². The standard InChI is InChI=1S/C15H23N3O2/c1-20-15-8-12(2-3-14(15)19)9-17-10-13(11-17)18-6-4-16-5-7-18/h2-3,8,13,16,19H,4-7,9-11H2,1H3. The van der Waals surface area contributed by atoms with Gasteiger partial charge < -0.3 is 15.2 Å². The van der Waals surface area contributed by atoms with Gasteiger partial charge in [-0.3, -0.25) is 9.80 Å². The van der Waals surface area contributed by atoms with Crippen LogP contribution in [0.3, 0.4) is 0 Å². The molecule has 5 heteroatoms. The van der Waals surface area contributed by atoms with E-state index >= 15 is 0 Å². The first-order chi connectivity index (χ1) is 9.76. The molecule has 1 aromatic rings. The van der Waals surface area contributed by atoms with Gasteiger partial charge in [-0.15, -0.1) is 0 Å². The predicted molar refractivity (Wildman–Crippen MR) is 78.2 cm³/mol. The maximum atomic E-state index is 9.60. The molecule has 1 aromatic carbocycles. The predicted octanol–water partition coefficient (Wildman–Crippen LogP) is 0.490. The number of nitrogens with one attached hydrogen (secondary N) is 1. The Morgan fingerprint density at radius 2 is 2.05 bits per heavy atom. The van der Waals surface area contributed by atoms with Crippen molar-refractivity contribution in [3.8, 4) is 11.5 Å². The summed E-state index contributed by atoms with van der Waals surface area (Å²) in [6, 6.07) is 6.32. The molecule has 0 aliphatic carbocycles. The Hall–Kier alpha value is -1.30. The molecule has 3 rings (SSSR count). The molecule has 0 atom stereocenters. The van der Waals surface area contributed by atoms with Crippen molar-refractivity contribution in [2.75, 3.05) is 46.4 Å². The molecule has 0 aromatic heterocycles. The van der Waals surface area contributed by atoms with E-state index in [2.05, 4.69) is 15.1 Å². The number of hydrogen-bond donors (Lipinski definition) is 2. The van der Waals surface area contributed by atoms with Crippen LogP contribution in [-0.2, 0) is 6.54 Å². The highest BCUT2D eigenvalue weighted by Gasteiger charge is 2.32. The topological polar surface area (TPSA) is 48.0 Å². The first kappa shape index (κ1) is 13.7. The van der Waals surface area contributed by atoms with Crippen molar-refractivity contribution in [3.05, 3.63) is 23.8 Å². The second-order valence-electron chi connectivity index (χ2n) is 5.64. The third-order valence-electron chi connectivity index (χ3n) is 4.26. The molecule has 2 aliphatic heterocycles. The van der Waals surface area contributed by atoms with Crippen molar-refractivity contribution in [1.29, 1.82) is 0 Å². The van der Waals surface area contributed by atoms with Crippen molar-refractivity contribution in [1.82, 2.24) is 15.1 Å². The summed E-state index contributed by atoms with van der Waals surface area (Å²) in [6.45, 7) is 7.79. The number of ether oxygens (including phenoxy) is 1. The first-order valence-corrected chi connectivity index (χ1v) is 7.29. The quantitative estimate of drug-likeness (QED) is 0.839. The molecule has 0 saturated carbocycles. The number of rotatable bonds is 4. The van der Waals surface area contributed by atoms with Crippen LogP contribution in [-0.4, -0.2) is 67.3 Å². The number of piperazine rings is 1. The van der Waals surface area contributed by atoms with Crippen LogP contribution in [0.2, 0.25) is 0 Å². The lowest BCUT2D eigenvalue weighted by atomic mass is 10.0. The Kier molecular flexibility index (Phi) is 4.10. The van der Waals surface area contributed by atoms with E-state index in [1.807, 2.05) is 12.1 Å². The zero-order valence-corrected chi connectivity index (χ0v) is 12.0. The minimum Gasteiger partial charge on any atom is -0.504 e. The monoisotopic (exact) mass is 277 g/mol. The van der Waals surface area contributed by atoms with Gasteiger partial charge in [-0.05, 0) is 17.7 Å². The summed E-state index contributed by atoms with van der Waals surface area (Å²) in [5.74, 6) is 0.764. The van der Waals surface area contributed by atoms with Crippen LogP contribution >= 0.6 is 0 Å². The zero-order chi connectivity index (χ0) is 13.9. The van der Waals surface area contributed by atoms with E-state index in [4.69, 9.17) is 4.74 Å². The molecule has 20 heavy (non-hydrogen) atoms. The molecule has 2 fully saturated rings. The van der Waals surface area contributed by atoms with Crippen LogP contribution in [0.15, 0.2) is 18.2 Å². The maximum Gasteiger partial charge on any atom is 0.160 e. The summed E-state index contributed by atoms with van der Waals surface area (Å²) in [5, 5.41) is 13.0. The van der Waals surface area contributed by atoms with E-state index in [9.17, 15) is 5.11 Å². The van der Waals surface area contributed by atoms with Crippen molar-refractivity contribution in [3.63, 3.8) is 0 Å². The van der Waals surface area contributed by atoms with E-state index in [1.165, 1.54) is 18.7 Å². The van der Waals surface area contributed by atoms with E-state index in [0.717, 1.165) is 38.8 Å². The molecule has 0 unspecified atom stereocenters. The molecule has 0 amide bonds. The SMILES string of the molecule is COc1cc(CN2CC(N3CCNCC3)C2)ccc1O. The Balaban J connectivity index is 1.50. The fourth-order valence-corrected chi connectivity index (χ4v) is 3.03. The van der Waals surface area contributed by atoms with Gasteiger partial charge in [-0.2, -0.15) is 0 Å². The number of hydrogen-bond acceptors (Lipinski definition) is 5. The summed E-state index contributed by atoms with van der Waals surface area (Å²) in [4.78, 5) is 5.03. The van der Waals surface area contributed by atoms with E-state index < -0.39 is 0 Å². The summed E-state index contributed by atoms with van der Waals surface area (Å²) < 4.78 is 5.15. The summed E-state index contributed by atoms with van der Waals surface area (Å²) in [7, 11) is 1.59. The first-order valence-electron chi connectivity index (χ1n) is 7.29. The molecule has 5 nitrogen and oxygen atoms in total. The minimum atomic E-state index is 0.207. The van der Waals surface area contributed by atoms with Gasteiger partial charge in [0, 0.05) is 51.9 Å². The zero-order valence-electron chi connectivity index (χ0n) is 12.0. The molecule has 0 bridgehead atoms. The van der Waals surface area contributed by atoms with Gasteiger partial charge >= 0.3 is 0 Å².